The van der Waals surface area contributed by atoms with Crippen LogP contribution in [0.1, 0.15) is 26.3 Å². The topological polar surface area (TPSA) is 94.1 Å². The molecule has 0 heterocycles. The summed E-state index contributed by atoms with van der Waals surface area (Å²) in [4.78, 5) is 23.2. The molecule has 132 valence electrons. The zero-order valence-corrected chi connectivity index (χ0v) is 14.2. The molecule has 2 aromatic carbocycles. The van der Waals surface area contributed by atoms with E-state index in [1.807, 2.05) is 0 Å². The van der Waals surface area contributed by atoms with Gasteiger partial charge in [0.25, 0.3) is 5.91 Å². The summed E-state index contributed by atoms with van der Waals surface area (Å²) in [6.07, 6.45) is 0. The SMILES string of the molecule is COc1cc(C(=O)NCc2ccc(C(=O)O)cc2)cc(OC)c1OC. The average Bonchev–Trinajstić information content (AvgIpc) is 2.64. The molecule has 0 radical (unpaired) electrons. The van der Waals surface area contributed by atoms with Gasteiger partial charge in [-0.15, -0.1) is 0 Å². The lowest BCUT2D eigenvalue weighted by Crippen LogP contribution is -2.23. The van der Waals surface area contributed by atoms with Crippen LogP contribution in [-0.4, -0.2) is 38.3 Å². The van der Waals surface area contributed by atoms with Crippen LogP contribution < -0.4 is 19.5 Å². The molecule has 2 rings (SSSR count). The van der Waals surface area contributed by atoms with Gasteiger partial charge in [-0.05, 0) is 29.8 Å². The maximum atomic E-state index is 12.4. The number of carbonyl (C=O) groups excluding carboxylic acids is 1. The van der Waals surface area contributed by atoms with Gasteiger partial charge in [-0.1, -0.05) is 12.1 Å². The molecule has 0 fully saturated rings. The molecule has 0 aliphatic heterocycles. The van der Waals surface area contributed by atoms with Crippen molar-refractivity contribution < 1.29 is 28.9 Å². The summed E-state index contributed by atoms with van der Waals surface area (Å²) in [6.45, 7) is 0.259. The molecule has 0 aliphatic carbocycles. The lowest BCUT2D eigenvalue weighted by Gasteiger charge is -2.14. The summed E-state index contributed by atoms with van der Waals surface area (Å²) < 4.78 is 15.7. The third-order valence-electron chi connectivity index (χ3n) is 3.58. The second-order valence-corrected chi connectivity index (χ2v) is 5.10. The second kappa shape index (κ2) is 8.05. The Morgan fingerprint density at radius 2 is 1.48 bits per heavy atom. The lowest BCUT2D eigenvalue weighted by atomic mass is 10.1. The Kier molecular flexibility index (Phi) is 5.84. The number of aromatic carboxylic acids is 1. The van der Waals surface area contributed by atoms with E-state index in [0.29, 0.717) is 22.8 Å². The van der Waals surface area contributed by atoms with Gasteiger partial charge in [-0.25, -0.2) is 4.79 Å². The van der Waals surface area contributed by atoms with Crippen LogP contribution >= 0.6 is 0 Å². The molecule has 0 saturated carbocycles. The molecule has 0 unspecified atom stereocenters. The maximum Gasteiger partial charge on any atom is 0.335 e. The molecule has 0 saturated heterocycles. The first-order valence-electron chi connectivity index (χ1n) is 7.40. The fourth-order valence-corrected chi connectivity index (χ4v) is 2.26. The number of methoxy groups -OCH3 is 3. The van der Waals surface area contributed by atoms with Crippen LogP contribution in [0.3, 0.4) is 0 Å². The number of hydrogen-bond acceptors (Lipinski definition) is 5. The van der Waals surface area contributed by atoms with Crippen LogP contribution in [0.5, 0.6) is 17.2 Å². The van der Waals surface area contributed by atoms with Crippen LogP contribution in [0.15, 0.2) is 36.4 Å². The van der Waals surface area contributed by atoms with Gasteiger partial charge < -0.3 is 24.6 Å². The quantitative estimate of drug-likeness (QED) is 0.800. The zero-order chi connectivity index (χ0) is 18.4. The Bertz CT molecular complexity index is 745. The van der Waals surface area contributed by atoms with Gasteiger partial charge in [0.15, 0.2) is 11.5 Å². The second-order valence-electron chi connectivity index (χ2n) is 5.10. The Morgan fingerprint density at radius 3 is 1.92 bits per heavy atom. The molecule has 0 spiro atoms. The standard InChI is InChI=1S/C18H19NO6/c1-23-14-8-13(9-15(24-2)16(14)25-3)17(20)19-10-11-4-6-12(7-5-11)18(21)22/h4-9H,10H2,1-3H3,(H,19,20)(H,21,22). The van der Waals surface area contributed by atoms with E-state index in [1.54, 1.807) is 24.3 Å². The largest absolute Gasteiger partial charge is 0.493 e. The number of hydrogen-bond donors (Lipinski definition) is 2. The van der Waals surface area contributed by atoms with Crippen LogP contribution in [0, 0.1) is 0 Å². The van der Waals surface area contributed by atoms with E-state index in [2.05, 4.69) is 5.32 Å². The van der Waals surface area contributed by atoms with Crippen molar-refractivity contribution in [1.29, 1.82) is 0 Å². The predicted molar refractivity (Wildman–Crippen MR) is 90.7 cm³/mol. The maximum absolute atomic E-state index is 12.4. The summed E-state index contributed by atoms with van der Waals surface area (Å²) in [5.74, 6) is -0.129. The van der Waals surface area contributed by atoms with Crippen molar-refractivity contribution in [3.8, 4) is 17.2 Å². The average molecular weight is 345 g/mol. The fourth-order valence-electron chi connectivity index (χ4n) is 2.26. The van der Waals surface area contributed by atoms with Gasteiger partial charge in [0.05, 0.1) is 26.9 Å². The summed E-state index contributed by atoms with van der Waals surface area (Å²) in [6, 6.07) is 9.40. The molecule has 1 amide bonds. The molecular weight excluding hydrogens is 326 g/mol. The molecule has 2 N–H and O–H groups in total. The van der Waals surface area contributed by atoms with E-state index in [0.717, 1.165) is 5.56 Å². The molecule has 2 aromatic rings. The van der Waals surface area contributed by atoms with Crippen molar-refractivity contribution in [1.82, 2.24) is 5.32 Å². The van der Waals surface area contributed by atoms with Gasteiger partial charge in [0, 0.05) is 12.1 Å². The highest BCUT2D eigenvalue weighted by Crippen LogP contribution is 2.38. The van der Waals surface area contributed by atoms with Crippen LogP contribution in [0.25, 0.3) is 0 Å². The van der Waals surface area contributed by atoms with Crippen molar-refractivity contribution in [2.24, 2.45) is 0 Å². The van der Waals surface area contributed by atoms with Gasteiger partial charge in [0.2, 0.25) is 5.75 Å². The highest BCUT2D eigenvalue weighted by atomic mass is 16.5. The first kappa shape index (κ1) is 18.1. The van der Waals surface area contributed by atoms with Crippen molar-refractivity contribution in [3.05, 3.63) is 53.1 Å². The number of ether oxygens (including phenoxy) is 3. The van der Waals surface area contributed by atoms with E-state index in [9.17, 15) is 9.59 Å². The molecule has 0 bridgehead atoms. The molecule has 0 aromatic heterocycles. The number of benzene rings is 2. The summed E-state index contributed by atoms with van der Waals surface area (Å²) in [5, 5.41) is 11.6. The van der Waals surface area contributed by atoms with E-state index < -0.39 is 5.97 Å². The lowest BCUT2D eigenvalue weighted by molar-refractivity contribution is 0.0696. The van der Waals surface area contributed by atoms with Gasteiger partial charge in [-0.3, -0.25) is 4.79 Å². The highest BCUT2D eigenvalue weighted by molar-refractivity contribution is 5.95. The molecular formula is C18H19NO6. The normalized spacial score (nSPS) is 10.0. The van der Waals surface area contributed by atoms with Gasteiger partial charge in [0.1, 0.15) is 0 Å². The monoisotopic (exact) mass is 345 g/mol. The van der Waals surface area contributed by atoms with Gasteiger partial charge >= 0.3 is 5.97 Å². The molecule has 25 heavy (non-hydrogen) atoms. The number of nitrogens with one attached hydrogen (secondary N) is 1. The molecule has 7 heteroatoms. The van der Waals surface area contributed by atoms with Gasteiger partial charge in [-0.2, -0.15) is 0 Å². The summed E-state index contributed by atoms with van der Waals surface area (Å²) >= 11 is 0. The minimum Gasteiger partial charge on any atom is -0.493 e. The van der Waals surface area contributed by atoms with Crippen molar-refractivity contribution in [2.45, 2.75) is 6.54 Å². The first-order valence-corrected chi connectivity index (χ1v) is 7.40. The van der Waals surface area contributed by atoms with E-state index in [1.165, 1.54) is 33.5 Å². The van der Waals surface area contributed by atoms with Crippen molar-refractivity contribution in [3.63, 3.8) is 0 Å². The Morgan fingerprint density at radius 1 is 0.920 bits per heavy atom. The summed E-state index contributed by atoms with van der Waals surface area (Å²) in [5.41, 5.74) is 1.34. The number of carboxylic acid groups (broad SMARTS) is 1. The number of rotatable bonds is 7. The van der Waals surface area contributed by atoms with Crippen LogP contribution in [0.2, 0.25) is 0 Å². The van der Waals surface area contributed by atoms with Crippen LogP contribution in [0.4, 0.5) is 0 Å². The fraction of sp³-hybridized carbons (Fsp3) is 0.222. The predicted octanol–water partition coefficient (Wildman–Crippen LogP) is 2.34. The third kappa shape index (κ3) is 4.20. The first-order chi connectivity index (χ1) is 12.0. The molecule has 0 aliphatic rings. The third-order valence-corrected chi connectivity index (χ3v) is 3.58. The minimum absolute atomic E-state index is 0.194. The van der Waals surface area contributed by atoms with E-state index >= 15 is 0 Å². The van der Waals surface area contributed by atoms with Crippen LogP contribution in [-0.2, 0) is 6.54 Å². The van der Waals surface area contributed by atoms with E-state index in [-0.39, 0.29) is 18.0 Å². The molecule has 7 nitrogen and oxygen atoms in total. The smallest absolute Gasteiger partial charge is 0.335 e. The Labute approximate surface area is 145 Å². The number of amides is 1. The van der Waals surface area contributed by atoms with Crippen molar-refractivity contribution >= 4 is 11.9 Å². The zero-order valence-electron chi connectivity index (χ0n) is 14.2. The van der Waals surface area contributed by atoms with E-state index in [4.69, 9.17) is 19.3 Å². The number of carbonyl (C=O) groups is 2. The van der Waals surface area contributed by atoms with Crippen molar-refractivity contribution in [2.75, 3.05) is 21.3 Å². The molecule has 0 atom stereocenters. The number of carboxylic acids is 1. The minimum atomic E-state index is -0.993. The summed E-state index contributed by atoms with van der Waals surface area (Å²) in [7, 11) is 4.44. The Balaban J connectivity index is 2.13. The highest BCUT2D eigenvalue weighted by Gasteiger charge is 2.16. The Hall–Kier alpha value is -3.22.